The van der Waals surface area contributed by atoms with Gasteiger partial charge in [-0.05, 0) is 26.2 Å². The highest BCUT2D eigenvalue weighted by Crippen LogP contribution is 2.37. The van der Waals surface area contributed by atoms with Gasteiger partial charge in [0.1, 0.15) is 5.01 Å². The number of aromatic nitrogens is 1. The largest absolute Gasteiger partial charge is 0.381 e. The first-order valence-electron chi connectivity index (χ1n) is 5.96. The van der Waals surface area contributed by atoms with E-state index in [0.717, 1.165) is 32.5 Å². The van der Waals surface area contributed by atoms with Crippen LogP contribution in [0.5, 0.6) is 0 Å². The topological polar surface area (TPSA) is 48.1 Å². The lowest BCUT2D eigenvalue weighted by Crippen LogP contribution is -2.40. The second-order valence-electron chi connectivity index (χ2n) is 4.47. The Morgan fingerprint density at radius 2 is 2.12 bits per heavy atom. The fourth-order valence-electron chi connectivity index (χ4n) is 2.25. The van der Waals surface area contributed by atoms with E-state index in [1.807, 2.05) is 11.3 Å². The van der Waals surface area contributed by atoms with E-state index in [1.165, 1.54) is 15.6 Å². The van der Waals surface area contributed by atoms with Gasteiger partial charge in [-0.3, -0.25) is 0 Å². The molecule has 0 bridgehead atoms. The van der Waals surface area contributed by atoms with Crippen LogP contribution in [0.2, 0.25) is 0 Å². The maximum Gasteiger partial charge on any atom is 0.101 e. The highest BCUT2D eigenvalue weighted by Gasteiger charge is 2.36. The first kappa shape index (κ1) is 12.0. The van der Waals surface area contributed by atoms with Crippen molar-refractivity contribution in [2.75, 3.05) is 19.8 Å². The lowest BCUT2D eigenvalue weighted by atomic mass is 9.81. The van der Waals surface area contributed by atoms with E-state index < -0.39 is 0 Å². The molecule has 0 aliphatic carbocycles. The first-order chi connectivity index (χ1) is 7.72. The molecule has 0 unspecified atom stereocenters. The smallest absolute Gasteiger partial charge is 0.101 e. The third kappa shape index (κ3) is 2.01. The van der Waals surface area contributed by atoms with Crippen molar-refractivity contribution >= 4 is 11.3 Å². The van der Waals surface area contributed by atoms with Gasteiger partial charge in [0.2, 0.25) is 0 Å². The maximum absolute atomic E-state index is 5.98. The summed E-state index contributed by atoms with van der Waals surface area (Å²) in [5.41, 5.74) is 7.30. The van der Waals surface area contributed by atoms with Gasteiger partial charge in [-0.25, -0.2) is 4.98 Å². The quantitative estimate of drug-likeness (QED) is 0.879. The molecule has 3 nitrogen and oxygen atoms in total. The van der Waals surface area contributed by atoms with Crippen molar-refractivity contribution in [2.45, 2.75) is 38.5 Å². The van der Waals surface area contributed by atoms with E-state index in [4.69, 9.17) is 15.5 Å². The molecule has 0 amide bonds. The molecule has 2 heterocycles. The molecule has 0 radical (unpaired) electrons. The van der Waals surface area contributed by atoms with Crippen LogP contribution >= 0.6 is 11.3 Å². The van der Waals surface area contributed by atoms with Gasteiger partial charge in [0.05, 0.1) is 5.69 Å². The van der Waals surface area contributed by atoms with Crippen LogP contribution in [0.25, 0.3) is 0 Å². The summed E-state index contributed by atoms with van der Waals surface area (Å²) in [6, 6.07) is 0. The minimum Gasteiger partial charge on any atom is -0.381 e. The number of nitrogens with zero attached hydrogens (tertiary/aromatic N) is 1. The van der Waals surface area contributed by atoms with Crippen LogP contribution in [0.1, 0.15) is 35.3 Å². The summed E-state index contributed by atoms with van der Waals surface area (Å²) in [5, 5.41) is 1.23. The van der Waals surface area contributed by atoms with Crippen LogP contribution in [0.15, 0.2) is 0 Å². The fourth-order valence-corrected chi connectivity index (χ4v) is 3.51. The number of nitrogens with two attached hydrogens (primary N) is 1. The molecular weight excluding hydrogens is 220 g/mol. The van der Waals surface area contributed by atoms with Gasteiger partial charge in [-0.1, -0.05) is 6.92 Å². The Morgan fingerprint density at radius 3 is 2.62 bits per heavy atom. The molecule has 1 aromatic rings. The number of ether oxygens (including phenoxy) is 1. The molecule has 90 valence electrons. The zero-order valence-corrected chi connectivity index (χ0v) is 10.9. The molecule has 2 N–H and O–H groups in total. The van der Waals surface area contributed by atoms with Crippen molar-refractivity contribution < 1.29 is 4.74 Å². The minimum absolute atomic E-state index is 0.0844. The summed E-state index contributed by atoms with van der Waals surface area (Å²) >= 11 is 1.82. The van der Waals surface area contributed by atoms with Gasteiger partial charge in [0.25, 0.3) is 0 Å². The Kier molecular flexibility index (Phi) is 3.62. The normalized spacial score (nSPS) is 19.9. The summed E-state index contributed by atoms with van der Waals surface area (Å²) in [6.07, 6.45) is 3.04. The molecule has 1 aliphatic rings. The molecule has 2 rings (SSSR count). The highest BCUT2D eigenvalue weighted by molar-refractivity contribution is 7.11. The van der Waals surface area contributed by atoms with Crippen molar-refractivity contribution in [1.82, 2.24) is 4.98 Å². The fraction of sp³-hybridized carbons (Fsp3) is 0.750. The summed E-state index contributed by atoms with van der Waals surface area (Å²) in [7, 11) is 0. The Labute approximate surface area is 101 Å². The van der Waals surface area contributed by atoms with Gasteiger partial charge < -0.3 is 10.5 Å². The molecule has 0 atom stereocenters. The highest BCUT2D eigenvalue weighted by atomic mass is 32.1. The molecule has 1 fully saturated rings. The Morgan fingerprint density at radius 1 is 1.44 bits per heavy atom. The van der Waals surface area contributed by atoms with Gasteiger partial charge in [-0.15, -0.1) is 11.3 Å². The van der Waals surface area contributed by atoms with Gasteiger partial charge in [-0.2, -0.15) is 0 Å². The summed E-state index contributed by atoms with van der Waals surface area (Å²) in [4.78, 5) is 6.12. The minimum atomic E-state index is 0.0844. The molecular formula is C12H20N2OS. The zero-order valence-electron chi connectivity index (χ0n) is 10.1. The predicted molar refractivity (Wildman–Crippen MR) is 67.0 cm³/mol. The van der Waals surface area contributed by atoms with Crippen molar-refractivity contribution in [3.8, 4) is 0 Å². The molecule has 1 aliphatic heterocycles. The van der Waals surface area contributed by atoms with E-state index in [2.05, 4.69) is 13.8 Å². The van der Waals surface area contributed by atoms with Crippen LogP contribution in [0.4, 0.5) is 0 Å². The Hall–Kier alpha value is -0.450. The number of rotatable bonds is 3. The number of hydrogen-bond donors (Lipinski definition) is 1. The predicted octanol–water partition coefficient (Wildman–Crippen LogP) is 2.02. The summed E-state index contributed by atoms with van der Waals surface area (Å²) < 4.78 is 5.43. The number of hydrogen-bond acceptors (Lipinski definition) is 4. The van der Waals surface area contributed by atoms with E-state index in [1.54, 1.807) is 0 Å². The second-order valence-corrected chi connectivity index (χ2v) is 5.68. The van der Waals surface area contributed by atoms with Gasteiger partial charge in [0, 0.05) is 30.1 Å². The molecule has 1 saturated heterocycles. The van der Waals surface area contributed by atoms with Crippen LogP contribution < -0.4 is 5.73 Å². The SMILES string of the molecule is CCc1nc(C2(CN)CCOCC2)sc1C. The van der Waals surface area contributed by atoms with Gasteiger partial charge in [0.15, 0.2) is 0 Å². The monoisotopic (exact) mass is 240 g/mol. The lowest BCUT2D eigenvalue weighted by molar-refractivity contribution is 0.0528. The van der Waals surface area contributed by atoms with Crippen molar-refractivity contribution in [3.63, 3.8) is 0 Å². The maximum atomic E-state index is 5.98. The van der Waals surface area contributed by atoms with Gasteiger partial charge >= 0.3 is 0 Å². The van der Waals surface area contributed by atoms with E-state index >= 15 is 0 Å². The van der Waals surface area contributed by atoms with Crippen molar-refractivity contribution in [3.05, 3.63) is 15.6 Å². The van der Waals surface area contributed by atoms with E-state index in [-0.39, 0.29) is 5.41 Å². The third-order valence-electron chi connectivity index (χ3n) is 3.52. The molecule has 4 heteroatoms. The second kappa shape index (κ2) is 4.82. The Bertz CT molecular complexity index is 356. The molecule has 0 aromatic carbocycles. The molecule has 16 heavy (non-hydrogen) atoms. The molecule has 0 spiro atoms. The van der Waals surface area contributed by atoms with Crippen LogP contribution in [0, 0.1) is 6.92 Å². The average Bonchev–Trinajstić information content (AvgIpc) is 2.72. The summed E-state index contributed by atoms with van der Waals surface area (Å²) in [6.45, 7) is 6.63. The Balaban J connectivity index is 2.31. The summed E-state index contributed by atoms with van der Waals surface area (Å²) in [5.74, 6) is 0. The van der Waals surface area contributed by atoms with Crippen LogP contribution in [0.3, 0.4) is 0 Å². The van der Waals surface area contributed by atoms with Crippen molar-refractivity contribution in [1.29, 1.82) is 0 Å². The standard InChI is InChI=1S/C12H20N2OS/c1-3-10-9(2)16-11(14-10)12(8-13)4-6-15-7-5-12/h3-8,13H2,1-2H3. The average molecular weight is 240 g/mol. The number of aryl methyl sites for hydroxylation is 2. The first-order valence-corrected chi connectivity index (χ1v) is 6.78. The number of thiazole rings is 1. The zero-order chi connectivity index (χ0) is 11.6. The van der Waals surface area contributed by atoms with Crippen LogP contribution in [-0.4, -0.2) is 24.7 Å². The molecule has 1 aromatic heterocycles. The van der Waals surface area contributed by atoms with Crippen LogP contribution in [-0.2, 0) is 16.6 Å². The third-order valence-corrected chi connectivity index (χ3v) is 4.78. The van der Waals surface area contributed by atoms with Crippen molar-refractivity contribution in [2.24, 2.45) is 5.73 Å². The van der Waals surface area contributed by atoms with E-state index in [0.29, 0.717) is 6.54 Å². The molecule has 0 saturated carbocycles. The van der Waals surface area contributed by atoms with E-state index in [9.17, 15) is 0 Å². The lowest BCUT2D eigenvalue weighted by Gasteiger charge is -2.34.